The Hall–Kier alpha value is -2.08. The molecule has 1 aliphatic rings. The number of thiol groups is 1. The van der Waals surface area contributed by atoms with Crippen LogP contribution in [0.15, 0.2) is 72.0 Å². The molecule has 2 rings (SSSR count). The molecule has 0 amide bonds. The fraction of sp³-hybridized carbons (Fsp3) is 0.423. The predicted octanol–water partition coefficient (Wildman–Crippen LogP) is 6.42. The molecule has 0 radical (unpaired) electrons. The van der Waals surface area contributed by atoms with Crippen molar-refractivity contribution in [1.82, 2.24) is 0 Å². The van der Waals surface area contributed by atoms with E-state index in [4.69, 9.17) is 14.2 Å². The van der Waals surface area contributed by atoms with Gasteiger partial charge in [0.05, 0.1) is 5.57 Å². The van der Waals surface area contributed by atoms with Crippen LogP contribution in [0.3, 0.4) is 0 Å². The highest BCUT2D eigenvalue weighted by molar-refractivity contribution is 7.79. The number of benzene rings is 1. The van der Waals surface area contributed by atoms with Crippen LogP contribution in [-0.2, 0) is 19.0 Å². The number of ether oxygens (including phenoxy) is 3. The highest BCUT2D eigenvalue weighted by Gasteiger charge is 2.27. The maximum Gasteiger partial charge on any atom is 0.196 e. The van der Waals surface area contributed by atoms with E-state index in [-0.39, 0.29) is 18.7 Å². The van der Waals surface area contributed by atoms with Gasteiger partial charge in [0.25, 0.3) is 0 Å². The summed E-state index contributed by atoms with van der Waals surface area (Å²) in [5.74, 6) is 0.534. The summed E-state index contributed by atoms with van der Waals surface area (Å²) in [6.45, 7) is 12.4. The van der Waals surface area contributed by atoms with E-state index in [9.17, 15) is 4.79 Å². The van der Waals surface area contributed by atoms with Gasteiger partial charge in [-0.15, -0.1) is 0 Å². The van der Waals surface area contributed by atoms with Crippen molar-refractivity contribution >= 4 is 24.0 Å². The molecule has 0 fully saturated rings. The van der Waals surface area contributed by atoms with Crippen molar-refractivity contribution in [2.75, 3.05) is 26.6 Å². The van der Waals surface area contributed by atoms with E-state index in [0.717, 1.165) is 11.1 Å². The summed E-state index contributed by atoms with van der Waals surface area (Å²) in [5, 5.41) is 0. The molecule has 0 saturated carbocycles. The van der Waals surface area contributed by atoms with E-state index in [1.54, 1.807) is 25.5 Å². The van der Waals surface area contributed by atoms with E-state index in [2.05, 4.69) is 19.2 Å². The highest BCUT2D eigenvalue weighted by atomic mass is 32.1. The van der Waals surface area contributed by atoms with E-state index in [1.807, 2.05) is 64.1 Å². The number of methoxy groups -OCH3 is 1. The molecule has 0 bridgehead atoms. The van der Waals surface area contributed by atoms with E-state index < -0.39 is 0 Å². The smallest absolute Gasteiger partial charge is 0.196 e. The number of Topliss-reactive ketones (excluding diaryl/α,β-unsaturated/α-hetero) is 1. The zero-order chi connectivity index (χ0) is 23.6. The van der Waals surface area contributed by atoms with Gasteiger partial charge in [-0.3, -0.25) is 4.79 Å². The molecular formula is C26H38O4S. The second-order valence-corrected chi connectivity index (χ2v) is 6.08. The van der Waals surface area contributed by atoms with Gasteiger partial charge in [0.2, 0.25) is 0 Å². The third-order valence-electron chi connectivity index (χ3n) is 4.41. The lowest BCUT2D eigenvalue weighted by Gasteiger charge is -2.23. The lowest BCUT2D eigenvalue weighted by molar-refractivity contribution is -0.122. The van der Waals surface area contributed by atoms with Crippen molar-refractivity contribution in [3.05, 3.63) is 77.6 Å². The number of rotatable bonds is 9. The summed E-state index contributed by atoms with van der Waals surface area (Å²) in [6.07, 6.45) is 7.91. The zero-order valence-electron chi connectivity index (χ0n) is 19.8. The Labute approximate surface area is 194 Å². The fourth-order valence-corrected chi connectivity index (χ4v) is 3.10. The van der Waals surface area contributed by atoms with Crippen LogP contribution in [0.2, 0.25) is 0 Å². The molecule has 172 valence electrons. The minimum Gasteiger partial charge on any atom is -0.488 e. The number of carbonyl (C=O) groups excluding carboxylic acids is 1. The average molecular weight is 447 g/mol. The van der Waals surface area contributed by atoms with Crippen LogP contribution in [0.4, 0.5) is 0 Å². The van der Waals surface area contributed by atoms with Crippen molar-refractivity contribution in [2.45, 2.75) is 46.8 Å². The Morgan fingerprint density at radius 2 is 1.90 bits per heavy atom. The van der Waals surface area contributed by atoms with Crippen LogP contribution in [0.1, 0.15) is 46.1 Å². The molecule has 1 aromatic carbocycles. The van der Waals surface area contributed by atoms with E-state index >= 15 is 0 Å². The van der Waals surface area contributed by atoms with Gasteiger partial charge in [-0.05, 0) is 43.7 Å². The van der Waals surface area contributed by atoms with Gasteiger partial charge in [0, 0.05) is 25.7 Å². The molecule has 1 aliphatic heterocycles. The molecule has 1 atom stereocenters. The summed E-state index contributed by atoms with van der Waals surface area (Å²) in [7, 11) is 1.63. The molecule has 1 unspecified atom stereocenters. The Balaban J connectivity index is 0.00000212. The summed E-state index contributed by atoms with van der Waals surface area (Å²) < 4.78 is 16.8. The topological polar surface area (TPSA) is 44.8 Å². The quantitative estimate of drug-likeness (QED) is 0.270. The summed E-state index contributed by atoms with van der Waals surface area (Å²) in [6, 6.07) is 9.92. The first-order chi connectivity index (χ1) is 15.2. The standard InChI is InChI=1S/C23H28O4.C2H6.CH4S/c1-5-11-21-18(6-2)23(24)20(16-27-21)19(17-12-9-8-10-13-17)14-15-22(25-4)26-7-3;2*1-2/h5-6,8-13,22H,2,7,14-16H2,1,3-4H3;1-2H3;2H,1H3/b11-5-,20-19-;;. The molecular weight excluding hydrogens is 408 g/mol. The Morgan fingerprint density at radius 3 is 2.42 bits per heavy atom. The fourth-order valence-electron chi connectivity index (χ4n) is 3.10. The van der Waals surface area contributed by atoms with Gasteiger partial charge >= 0.3 is 0 Å². The number of ketones is 1. The Morgan fingerprint density at radius 1 is 1.26 bits per heavy atom. The van der Waals surface area contributed by atoms with Crippen molar-refractivity contribution in [3.8, 4) is 0 Å². The third-order valence-corrected chi connectivity index (χ3v) is 4.41. The molecule has 5 heteroatoms. The Kier molecular flexibility index (Phi) is 16.4. The maximum absolute atomic E-state index is 13.1. The molecule has 0 N–H and O–H groups in total. The van der Waals surface area contributed by atoms with E-state index in [0.29, 0.717) is 36.4 Å². The second-order valence-electron chi connectivity index (χ2n) is 6.08. The molecule has 1 aromatic rings. The molecule has 0 aromatic heterocycles. The Bertz CT molecular complexity index is 748. The van der Waals surface area contributed by atoms with Crippen LogP contribution < -0.4 is 0 Å². The number of hydrogen-bond donors (Lipinski definition) is 1. The van der Waals surface area contributed by atoms with Crippen LogP contribution in [-0.4, -0.2) is 38.7 Å². The summed E-state index contributed by atoms with van der Waals surface area (Å²) in [4.78, 5) is 13.1. The van der Waals surface area contributed by atoms with Crippen LogP contribution >= 0.6 is 12.6 Å². The average Bonchev–Trinajstić information content (AvgIpc) is 2.83. The first kappa shape index (κ1) is 28.9. The minimum absolute atomic E-state index is 0.0337. The summed E-state index contributed by atoms with van der Waals surface area (Å²) >= 11 is 3.53. The van der Waals surface area contributed by atoms with Crippen LogP contribution in [0.5, 0.6) is 0 Å². The maximum atomic E-state index is 13.1. The van der Waals surface area contributed by atoms with Gasteiger partial charge in [0.15, 0.2) is 12.1 Å². The van der Waals surface area contributed by atoms with Crippen LogP contribution in [0.25, 0.3) is 5.57 Å². The number of carbonyl (C=O) groups is 1. The van der Waals surface area contributed by atoms with Gasteiger partial charge in [-0.1, -0.05) is 62.9 Å². The largest absolute Gasteiger partial charge is 0.488 e. The van der Waals surface area contributed by atoms with Gasteiger partial charge in [-0.2, -0.15) is 12.6 Å². The normalized spacial score (nSPS) is 15.9. The highest BCUT2D eigenvalue weighted by Crippen LogP contribution is 2.31. The number of allylic oxidation sites excluding steroid dienone is 5. The molecule has 4 nitrogen and oxygen atoms in total. The second kappa shape index (κ2) is 17.6. The third kappa shape index (κ3) is 8.90. The lowest BCUT2D eigenvalue weighted by atomic mass is 9.89. The van der Waals surface area contributed by atoms with Crippen LogP contribution in [0, 0.1) is 0 Å². The SMILES string of the molecule is C=CC1=C(/C=C\C)OC/C(=C(\CCC(OC)OCC)c2ccccc2)C1=O.CC.CS. The lowest BCUT2D eigenvalue weighted by Crippen LogP contribution is -2.21. The zero-order valence-corrected chi connectivity index (χ0v) is 20.7. The number of hydrogen-bond acceptors (Lipinski definition) is 5. The first-order valence-electron chi connectivity index (χ1n) is 10.7. The van der Waals surface area contributed by atoms with Crippen molar-refractivity contribution < 1.29 is 19.0 Å². The van der Waals surface area contributed by atoms with Crippen molar-refractivity contribution in [1.29, 1.82) is 0 Å². The van der Waals surface area contributed by atoms with Crippen molar-refractivity contribution in [2.24, 2.45) is 0 Å². The van der Waals surface area contributed by atoms with Gasteiger partial charge in [0.1, 0.15) is 12.4 Å². The van der Waals surface area contributed by atoms with Gasteiger partial charge < -0.3 is 14.2 Å². The molecule has 0 aliphatic carbocycles. The predicted molar refractivity (Wildman–Crippen MR) is 134 cm³/mol. The minimum atomic E-state index is -0.304. The van der Waals surface area contributed by atoms with Gasteiger partial charge in [-0.25, -0.2) is 0 Å². The molecule has 0 spiro atoms. The van der Waals surface area contributed by atoms with E-state index in [1.165, 1.54) is 0 Å². The molecule has 31 heavy (non-hydrogen) atoms. The summed E-state index contributed by atoms with van der Waals surface area (Å²) in [5.41, 5.74) is 3.13. The molecule has 0 saturated heterocycles. The molecule has 1 heterocycles. The first-order valence-corrected chi connectivity index (χ1v) is 11.6. The van der Waals surface area contributed by atoms with Crippen molar-refractivity contribution in [3.63, 3.8) is 0 Å². The monoisotopic (exact) mass is 446 g/mol.